The molecule has 5 heteroatoms. The Morgan fingerprint density at radius 2 is 1.72 bits per heavy atom. The molecule has 0 fully saturated rings. The highest BCUT2D eigenvalue weighted by Crippen LogP contribution is 2.34. The summed E-state index contributed by atoms with van der Waals surface area (Å²) in [6, 6.07) is 22.0. The van der Waals surface area contributed by atoms with Crippen molar-refractivity contribution in [3.05, 3.63) is 77.9 Å². The lowest BCUT2D eigenvalue weighted by molar-refractivity contribution is -0.115. The van der Waals surface area contributed by atoms with Gasteiger partial charge in [0.25, 0.3) is 0 Å². The quantitative estimate of drug-likeness (QED) is 0.672. The molecule has 3 aromatic carbocycles. The van der Waals surface area contributed by atoms with E-state index >= 15 is 0 Å². The number of hydrogen-bond acceptors (Lipinski definition) is 4. The average molecular weight is 388 g/mol. The van der Waals surface area contributed by atoms with Crippen molar-refractivity contribution in [2.75, 3.05) is 31.0 Å². The van der Waals surface area contributed by atoms with Gasteiger partial charge < -0.3 is 19.7 Å². The lowest BCUT2D eigenvalue weighted by atomic mass is 10.1. The Labute approximate surface area is 170 Å². The molecule has 0 unspecified atom stereocenters. The number of methoxy groups -OCH3 is 2. The fraction of sp³-hybridized carbons (Fsp3) is 0.208. The summed E-state index contributed by atoms with van der Waals surface area (Å²) in [6.07, 6.45) is 1.32. The second-order valence-corrected chi connectivity index (χ2v) is 6.99. The van der Waals surface area contributed by atoms with E-state index in [1.165, 1.54) is 11.3 Å². The first-order chi connectivity index (χ1) is 14.2. The van der Waals surface area contributed by atoms with Crippen LogP contribution in [0.25, 0.3) is 0 Å². The van der Waals surface area contributed by atoms with Gasteiger partial charge in [0.1, 0.15) is 0 Å². The number of carbonyl (C=O) groups excluding carboxylic acids is 1. The van der Waals surface area contributed by atoms with E-state index < -0.39 is 0 Å². The lowest BCUT2D eigenvalue weighted by Gasteiger charge is -2.20. The zero-order valence-corrected chi connectivity index (χ0v) is 16.6. The standard InChI is InChI=1S/C24H24N2O3/c1-28-22-12-7-17(15-23(22)29-2)16-24(27)25-19-8-10-20(11-9-19)26-14-13-18-5-3-4-6-21(18)26/h3-12,15H,13-14,16H2,1-2H3,(H,25,27). The molecule has 148 valence electrons. The number of para-hydroxylation sites is 1. The Morgan fingerprint density at radius 3 is 2.48 bits per heavy atom. The Bertz CT molecular complexity index is 1010. The Balaban J connectivity index is 1.41. The van der Waals surface area contributed by atoms with Gasteiger partial charge in [0, 0.05) is 23.6 Å². The van der Waals surface area contributed by atoms with Crippen molar-refractivity contribution in [3.8, 4) is 11.5 Å². The highest BCUT2D eigenvalue weighted by molar-refractivity contribution is 5.92. The topological polar surface area (TPSA) is 50.8 Å². The van der Waals surface area contributed by atoms with Gasteiger partial charge >= 0.3 is 0 Å². The van der Waals surface area contributed by atoms with Gasteiger partial charge in [-0.1, -0.05) is 24.3 Å². The largest absolute Gasteiger partial charge is 0.493 e. The smallest absolute Gasteiger partial charge is 0.228 e. The molecule has 1 amide bonds. The average Bonchev–Trinajstić information content (AvgIpc) is 3.18. The van der Waals surface area contributed by atoms with Gasteiger partial charge in [-0.2, -0.15) is 0 Å². The van der Waals surface area contributed by atoms with Crippen LogP contribution >= 0.6 is 0 Å². The maximum absolute atomic E-state index is 12.4. The first kappa shape index (κ1) is 18.9. The summed E-state index contributed by atoms with van der Waals surface area (Å²) in [5.41, 5.74) is 5.42. The molecule has 5 nitrogen and oxygen atoms in total. The van der Waals surface area contributed by atoms with Crippen LogP contribution in [0.3, 0.4) is 0 Å². The number of amides is 1. The molecule has 0 aliphatic carbocycles. The molecule has 1 heterocycles. The van der Waals surface area contributed by atoms with Crippen LogP contribution in [0.2, 0.25) is 0 Å². The highest BCUT2D eigenvalue weighted by atomic mass is 16.5. The number of ether oxygens (including phenoxy) is 2. The van der Waals surface area contributed by atoms with Gasteiger partial charge in [0.2, 0.25) is 5.91 Å². The highest BCUT2D eigenvalue weighted by Gasteiger charge is 2.19. The van der Waals surface area contributed by atoms with E-state index in [-0.39, 0.29) is 12.3 Å². The Morgan fingerprint density at radius 1 is 0.966 bits per heavy atom. The van der Waals surface area contributed by atoms with Crippen molar-refractivity contribution in [3.63, 3.8) is 0 Å². The molecule has 0 radical (unpaired) electrons. The van der Waals surface area contributed by atoms with E-state index in [2.05, 4.69) is 34.5 Å². The van der Waals surface area contributed by atoms with Gasteiger partial charge in [0.05, 0.1) is 20.6 Å². The SMILES string of the molecule is COc1ccc(CC(=O)Nc2ccc(N3CCc4ccccc43)cc2)cc1OC. The molecule has 1 aliphatic heterocycles. The lowest BCUT2D eigenvalue weighted by Crippen LogP contribution is -2.15. The molecule has 0 aromatic heterocycles. The summed E-state index contributed by atoms with van der Waals surface area (Å²) in [5.74, 6) is 1.19. The number of rotatable bonds is 6. The molecule has 1 N–H and O–H groups in total. The summed E-state index contributed by atoms with van der Waals surface area (Å²) in [7, 11) is 3.18. The van der Waals surface area contributed by atoms with E-state index in [0.29, 0.717) is 11.5 Å². The van der Waals surface area contributed by atoms with Crippen LogP contribution in [0.5, 0.6) is 11.5 Å². The van der Waals surface area contributed by atoms with Gasteiger partial charge in [0.15, 0.2) is 11.5 Å². The monoisotopic (exact) mass is 388 g/mol. The Hall–Kier alpha value is -3.47. The number of benzene rings is 3. The fourth-order valence-electron chi connectivity index (χ4n) is 3.71. The molecule has 29 heavy (non-hydrogen) atoms. The maximum atomic E-state index is 12.4. The number of fused-ring (bicyclic) bond motifs is 1. The molecule has 3 aromatic rings. The third-order valence-corrected chi connectivity index (χ3v) is 5.16. The number of hydrogen-bond donors (Lipinski definition) is 1. The third kappa shape index (κ3) is 4.04. The molecule has 1 aliphatic rings. The van der Waals surface area contributed by atoms with Crippen molar-refractivity contribution in [2.24, 2.45) is 0 Å². The summed E-state index contributed by atoms with van der Waals surface area (Å²) < 4.78 is 10.5. The van der Waals surface area contributed by atoms with Crippen LogP contribution in [0, 0.1) is 0 Å². The first-order valence-corrected chi connectivity index (χ1v) is 9.64. The van der Waals surface area contributed by atoms with Crippen molar-refractivity contribution >= 4 is 23.0 Å². The molecule has 0 spiro atoms. The van der Waals surface area contributed by atoms with Gasteiger partial charge in [-0.15, -0.1) is 0 Å². The fourth-order valence-corrected chi connectivity index (χ4v) is 3.71. The van der Waals surface area contributed by atoms with Crippen LogP contribution in [0.1, 0.15) is 11.1 Å². The molecule has 0 bridgehead atoms. The maximum Gasteiger partial charge on any atom is 0.228 e. The van der Waals surface area contributed by atoms with Crippen LogP contribution in [0.4, 0.5) is 17.1 Å². The minimum absolute atomic E-state index is 0.0727. The van der Waals surface area contributed by atoms with Crippen LogP contribution in [0.15, 0.2) is 66.7 Å². The molecule has 4 rings (SSSR count). The van der Waals surface area contributed by atoms with E-state index in [0.717, 1.165) is 29.9 Å². The molecular formula is C24H24N2O3. The summed E-state index contributed by atoms with van der Waals surface area (Å²) in [5, 5.41) is 2.96. The predicted octanol–water partition coefficient (Wildman–Crippen LogP) is 4.58. The summed E-state index contributed by atoms with van der Waals surface area (Å²) in [4.78, 5) is 14.8. The van der Waals surface area contributed by atoms with Gasteiger partial charge in [-0.3, -0.25) is 4.79 Å². The van der Waals surface area contributed by atoms with E-state index in [4.69, 9.17) is 9.47 Å². The molecular weight excluding hydrogens is 364 g/mol. The zero-order chi connectivity index (χ0) is 20.2. The first-order valence-electron chi connectivity index (χ1n) is 9.64. The van der Waals surface area contributed by atoms with Gasteiger partial charge in [-0.25, -0.2) is 0 Å². The van der Waals surface area contributed by atoms with Crippen molar-refractivity contribution in [1.29, 1.82) is 0 Å². The second-order valence-electron chi connectivity index (χ2n) is 6.99. The van der Waals surface area contributed by atoms with Crippen molar-refractivity contribution in [2.45, 2.75) is 12.8 Å². The van der Waals surface area contributed by atoms with E-state index in [9.17, 15) is 4.79 Å². The Kier molecular flexibility index (Phi) is 5.38. The summed E-state index contributed by atoms with van der Waals surface area (Å²) >= 11 is 0. The van der Waals surface area contributed by atoms with Gasteiger partial charge in [-0.05, 0) is 60.0 Å². The van der Waals surface area contributed by atoms with Crippen molar-refractivity contribution in [1.82, 2.24) is 0 Å². The molecule has 0 saturated heterocycles. The predicted molar refractivity (Wildman–Crippen MR) is 115 cm³/mol. The van der Waals surface area contributed by atoms with Crippen LogP contribution < -0.4 is 19.7 Å². The molecule has 0 saturated carbocycles. The number of carbonyl (C=O) groups is 1. The number of anilines is 3. The third-order valence-electron chi connectivity index (χ3n) is 5.16. The van der Waals surface area contributed by atoms with E-state index in [1.807, 2.05) is 42.5 Å². The van der Waals surface area contributed by atoms with E-state index in [1.54, 1.807) is 14.2 Å². The summed E-state index contributed by atoms with van der Waals surface area (Å²) in [6.45, 7) is 0.977. The second kappa shape index (κ2) is 8.27. The minimum atomic E-state index is -0.0727. The number of nitrogens with one attached hydrogen (secondary N) is 1. The van der Waals surface area contributed by atoms with Crippen LogP contribution in [-0.2, 0) is 17.6 Å². The normalized spacial score (nSPS) is 12.4. The minimum Gasteiger partial charge on any atom is -0.493 e. The van der Waals surface area contributed by atoms with Crippen LogP contribution in [-0.4, -0.2) is 26.7 Å². The number of nitrogens with zero attached hydrogens (tertiary/aromatic N) is 1. The molecule has 0 atom stereocenters. The van der Waals surface area contributed by atoms with Crippen molar-refractivity contribution < 1.29 is 14.3 Å². The zero-order valence-electron chi connectivity index (χ0n) is 16.6.